The molecule has 0 spiro atoms. The highest BCUT2D eigenvalue weighted by molar-refractivity contribution is 5.83. The van der Waals surface area contributed by atoms with E-state index in [9.17, 15) is 14.7 Å². The molecule has 6 atom stereocenters. The second kappa shape index (κ2) is 3.84. The lowest BCUT2D eigenvalue weighted by Gasteiger charge is -2.41. The molecule has 4 heteroatoms. The molecule has 4 aliphatic rings. The number of fused-ring (bicyclic) bond motifs is 1. The van der Waals surface area contributed by atoms with Crippen LogP contribution < -0.4 is 0 Å². The van der Waals surface area contributed by atoms with Crippen LogP contribution in [0.25, 0.3) is 0 Å². The third-order valence-corrected chi connectivity index (χ3v) is 4.56. The molecule has 0 amide bonds. The summed E-state index contributed by atoms with van der Waals surface area (Å²) < 4.78 is 5.25. The van der Waals surface area contributed by atoms with Crippen LogP contribution in [0.4, 0.5) is 0 Å². The second-order valence-corrected chi connectivity index (χ2v) is 5.98. The molecule has 0 radical (unpaired) electrons. The Morgan fingerprint density at radius 1 is 1.17 bits per heavy atom. The summed E-state index contributed by atoms with van der Waals surface area (Å²) in [5, 5.41) is 9.41. The number of hydrogen-bond acceptors (Lipinski definition) is 3. The predicted molar refractivity (Wildman–Crippen MR) is 63.6 cm³/mol. The summed E-state index contributed by atoms with van der Waals surface area (Å²) >= 11 is 0. The molecule has 0 aliphatic heterocycles. The highest BCUT2D eigenvalue weighted by atomic mass is 16.5. The third kappa shape index (κ3) is 1.58. The summed E-state index contributed by atoms with van der Waals surface area (Å²) in [5.74, 6) is -1.15. The molecule has 4 rings (SSSR count). The van der Waals surface area contributed by atoms with Crippen LogP contribution >= 0.6 is 0 Å². The van der Waals surface area contributed by atoms with Crippen molar-refractivity contribution < 1.29 is 19.4 Å². The van der Waals surface area contributed by atoms with Crippen molar-refractivity contribution in [3.05, 3.63) is 12.2 Å². The number of allylic oxidation sites excluding steroid dienone is 2. The van der Waals surface area contributed by atoms with E-state index in [-0.39, 0.29) is 23.9 Å². The van der Waals surface area contributed by atoms with E-state index < -0.39 is 17.8 Å². The first-order valence-electron chi connectivity index (χ1n) is 6.62. The van der Waals surface area contributed by atoms with Gasteiger partial charge in [0.15, 0.2) is 0 Å². The van der Waals surface area contributed by atoms with E-state index in [0.29, 0.717) is 11.8 Å². The minimum Gasteiger partial charge on any atom is -0.481 e. The number of carboxylic acid groups (broad SMARTS) is 1. The van der Waals surface area contributed by atoms with Gasteiger partial charge in [-0.15, -0.1) is 0 Å². The van der Waals surface area contributed by atoms with Crippen LogP contribution in [0.5, 0.6) is 0 Å². The maximum absolute atomic E-state index is 12.2. The van der Waals surface area contributed by atoms with Crippen molar-refractivity contribution in [1.29, 1.82) is 0 Å². The van der Waals surface area contributed by atoms with Gasteiger partial charge in [-0.25, -0.2) is 0 Å². The van der Waals surface area contributed by atoms with Crippen LogP contribution in [0.1, 0.15) is 20.3 Å². The number of carbonyl (C=O) groups is 2. The molecule has 2 bridgehead atoms. The van der Waals surface area contributed by atoms with Gasteiger partial charge in [-0.05, 0) is 43.9 Å². The predicted octanol–water partition coefficient (Wildman–Crippen LogP) is 1.71. The summed E-state index contributed by atoms with van der Waals surface area (Å²) in [4.78, 5) is 23.6. The summed E-state index contributed by atoms with van der Waals surface area (Å²) in [6, 6.07) is 0. The molecule has 0 aromatic heterocycles. The molecule has 4 nitrogen and oxygen atoms in total. The van der Waals surface area contributed by atoms with Crippen molar-refractivity contribution in [2.75, 3.05) is 0 Å². The zero-order valence-electron chi connectivity index (χ0n) is 10.6. The topological polar surface area (TPSA) is 63.6 Å². The molecule has 98 valence electrons. The monoisotopic (exact) mass is 250 g/mol. The first-order chi connectivity index (χ1) is 8.50. The lowest BCUT2D eigenvalue weighted by atomic mass is 9.62. The fourth-order valence-corrected chi connectivity index (χ4v) is 3.85. The first-order valence-corrected chi connectivity index (χ1v) is 6.62. The van der Waals surface area contributed by atoms with Crippen LogP contribution in [0.3, 0.4) is 0 Å². The number of hydrogen-bond donors (Lipinski definition) is 1. The van der Waals surface area contributed by atoms with Crippen LogP contribution in [-0.2, 0) is 14.3 Å². The lowest BCUT2D eigenvalue weighted by molar-refractivity contribution is -0.167. The molecule has 18 heavy (non-hydrogen) atoms. The fourth-order valence-electron chi connectivity index (χ4n) is 3.85. The van der Waals surface area contributed by atoms with Gasteiger partial charge in [0.1, 0.15) is 0 Å². The Hall–Kier alpha value is -1.32. The smallest absolute Gasteiger partial charge is 0.310 e. The molecule has 2 saturated carbocycles. The standard InChI is InChI=1S/C14H18O4/c1-6(2)18-14(17)12-8-4-3-7(9-5-10(8)9)11(12)13(15)16/h3-4,6-12H,5H2,1-2H3,(H,15,16)/t7-,8+,9-,10-,11+,12+/m1/s1. The van der Waals surface area contributed by atoms with E-state index in [0.717, 1.165) is 6.42 Å². The van der Waals surface area contributed by atoms with Gasteiger partial charge in [0, 0.05) is 0 Å². The van der Waals surface area contributed by atoms with Crippen LogP contribution in [0, 0.1) is 35.5 Å². The number of ether oxygens (including phenoxy) is 1. The highest BCUT2D eigenvalue weighted by Gasteiger charge is 2.63. The van der Waals surface area contributed by atoms with E-state index in [1.807, 2.05) is 12.2 Å². The summed E-state index contributed by atoms with van der Waals surface area (Å²) in [6.07, 6.45) is 4.94. The number of carbonyl (C=O) groups excluding carboxylic acids is 1. The average molecular weight is 250 g/mol. The molecule has 0 saturated heterocycles. The average Bonchev–Trinajstić information content (AvgIpc) is 3.07. The molecule has 0 aromatic carbocycles. The van der Waals surface area contributed by atoms with Crippen molar-refractivity contribution in [1.82, 2.24) is 0 Å². The Kier molecular flexibility index (Phi) is 2.50. The number of carboxylic acids is 1. The number of esters is 1. The second-order valence-electron chi connectivity index (χ2n) is 5.98. The van der Waals surface area contributed by atoms with Crippen LogP contribution in [0.2, 0.25) is 0 Å². The Labute approximate surface area is 106 Å². The third-order valence-electron chi connectivity index (χ3n) is 4.56. The molecule has 4 aliphatic carbocycles. The first kappa shape index (κ1) is 11.8. The number of rotatable bonds is 3. The van der Waals surface area contributed by atoms with Crippen molar-refractivity contribution in [3.63, 3.8) is 0 Å². The van der Waals surface area contributed by atoms with E-state index in [2.05, 4.69) is 0 Å². The largest absolute Gasteiger partial charge is 0.481 e. The van der Waals surface area contributed by atoms with Crippen molar-refractivity contribution in [2.24, 2.45) is 35.5 Å². The molecular weight excluding hydrogens is 232 g/mol. The molecule has 1 N–H and O–H groups in total. The normalized spacial score (nSPS) is 43.7. The fraction of sp³-hybridized carbons (Fsp3) is 0.714. The van der Waals surface area contributed by atoms with Gasteiger partial charge in [-0.1, -0.05) is 12.2 Å². The summed E-state index contributed by atoms with van der Waals surface area (Å²) in [7, 11) is 0. The molecule has 0 heterocycles. The van der Waals surface area contributed by atoms with Crippen molar-refractivity contribution in [3.8, 4) is 0 Å². The van der Waals surface area contributed by atoms with Gasteiger partial charge in [0.25, 0.3) is 0 Å². The van der Waals surface area contributed by atoms with Gasteiger partial charge in [-0.3, -0.25) is 9.59 Å². The summed E-state index contributed by atoms with van der Waals surface area (Å²) in [5.41, 5.74) is 0. The Morgan fingerprint density at radius 2 is 1.72 bits per heavy atom. The Morgan fingerprint density at radius 3 is 2.22 bits per heavy atom. The van der Waals surface area contributed by atoms with E-state index >= 15 is 0 Å². The van der Waals surface area contributed by atoms with Gasteiger partial charge in [-0.2, -0.15) is 0 Å². The highest BCUT2D eigenvalue weighted by Crippen LogP contribution is 2.63. The van der Waals surface area contributed by atoms with Crippen LogP contribution in [0.15, 0.2) is 12.2 Å². The molecule has 0 aromatic rings. The quantitative estimate of drug-likeness (QED) is 0.611. The number of aliphatic carboxylic acids is 1. The Balaban J connectivity index is 1.89. The summed E-state index contributed by atoms with van der Waals surface area (Å²) in [6.45, 7) is 3.59. The molecule has 2 fully saturated rings. The Bertz CT molecular complexity index is 426. The van der Waals surface area contributed by atoms with Gasteiger partial charge in [0.05, 0.1) is 17.9 Å². The van der Waals surface area contributed by atoms with Gasteiger partial charge >= 0.3 is 11.9 Å². The minimum absolute atomic E-state index is 0.0298. The maximum atomic E-state index is 12.2. The van der Waals surface area contributed by atoms with Crippen LogP contribution in [-0.4, -0.2) is 23.1 Å². The van der Waals surface area contributed by atoms with E-state index in [4.69, 9.17) is 4.74 Å². The zero-order chi connectivity index (χ0) is 13.0. The van der Waals surface area contributed by atoms with E-state index in [1.165, 1.54) is 0 Å². The maximum Gasteiger partial charge on any atom is 0.310 e. The van der Waals surface area contributed by atoms with Crippen molar-refractivity contribution >= 4 is 11.9 Å². The lowest BCUT2D eigenvalue weighted by Crippen LogP contribution is -2.47. The van der Waals surface area contributed by atoms with E-state index in [1.54, 1.807) is 13.8 Å². The van der Waals surface area contributed by atoms with Crippen molar-refractivity contribution in [2.45, 2.75) is 26.4 Å². The SMILES string of the molecule is CC(C)OC(=O)[C@H]1[C@H]2C=C[C@H]([C@H]3C[C@H]23)[C@@H]1C(=O)O. The zero-order valence-corrected chi connectivity index (χ0v) is 10.6. The molecule has 0 unspecified atom stereocenters. The van der Waals surface area contributed by atoms with Gasteiger partial charge < -0.3 is 9.84 Å². The van der Waals surface area contributed by atoms with Gasteiger partial charge in [0.2, 0.25) is 0 Å². The minimum atomic E-state index is -0.856. The molecular formula is C14H18O4.